The molecule has 1 saturated heterocycles. The molecular formula is C12H24N2O4. The number of rotatable bonds is 6. The highest BCUT2D eigenvalue weighted by Gasteiger charge is 2.26. The SMILES string of the molecule is CC1CN(C(=O)CN(CCO)CCO)CC(C)O1. The molecule has 106 valence electrons. The Morgan fingerprint density at radius 1 is 1.22 bits per heavy atom. The van der Waals surface area contributed by atoms with Gasteiger partial charge in [0, 0.05) is 26.2 Å². The fourth-order valence-electron chi connectivity index (χ4n) is 2.23. The summed E-state index contributed by atoms with van der Waals surface area (Å²) in [4.78, 5) is 15.7. The third kappa shape index (κ3) is 4.89. The van der Waals surface area contributed by atoms with E-state index in [1.165, 1.54) is 0 Å². The van der Waals surface area contributed by atoms with Crippen LogP contribution in [0.3, 0.4) is 0 Å². The van der Waals surface area contributed by atoms with Gasteiger partial charge in [0.05, 0.1) is 32.0 Å². The van der Waals surface area contributed by atoms with Crippen molar-refractivity contribution in [1.29, 1.82) is 0 Å². The zero-order valence-corrected chi connectivity index (χ0v) is 11.2. The second kappa shape index (κ2) is 7.68. The quantitative estimate of drug-likeness (QED) is 0.635. The molecule has 0 saturated carbocycles. The van der Waals surface area contributed by atoms with E-state index in [0.29, 0.717) is 26.2 Å². The van der Waals surface area contributed by atoms with E-state index in [1.807, 2.05) is 13.8 Å². The summed E-state index contributed by atoms with van der Waals surface area (Å²) in [6.45, 7) is 6.14. The highest BCUT2D eigenvalue weighted by atomic mass is 16.5. The van der Waals surface area contributed by atoms with Gasteiger partial charge < -0.3 is 19.8 Å². The Morgan fingerprint density at radius 3 is 2.17 bits per heavy atom. The summed E-state index contributed by atoms with van der Waals surface area (Å²) < 4.78 is 5.58. The number of hydrogen-bond acceptors (Lipinski definition) is 5. The molecule has 0 bridgehead atoms. The van der Waals surface area contributed by atoms with Gasteiger partial charge >= 0.3 is 0 Å². The molecule has 0 aliphatic carbocycles. The number of ether oxygens (including phenoxy) is 1. The highest BCUT2D eigenvalue weighted by molar-refractivity contribution is 5.78. The molecule has 1 amide bonds. The Morgan fingerprint density at radius 2 is 1.72 bits per heavy atom. The summed E-state index contributed by atoms with van der Waals surface area (Å²) in [5.41, 5.74) is 0. The summed E-state index contributed by atoms with van der Waals surface area (Å²) in [7, 11) is 0. The van der Waals surface area contributed by atoms with Gasteiger partial charge in [-0.2, -0.15) is 0 Å². The molecule has 18 heavy (non-hydrogen) atoms. The van der Waals surface area contributed by atoms with Crippen molar-refractivity contribution in [3.05, 3.63) is 0 Å². The second-order valence-electron chi connectivity index (χ2n) is 4.78. The van der Waals surface area contributed by atoms with E-state index in [4.69, 9.17) is 14.9 Å². The Kier molecular flexibility index (Phi) is 6.56. The molecule has 6 heteroatoms. The number of aliphatic hydroxyl groups is 2. The molecule has 2 unspecified atom stereocenters. The number of carbonyl (C=O) groups excluding carboxylic acids is 1. The van der Waals surface area contributed by atoms with Crippen LogP contribution in [0.25, 0.3) is 0 Å². The van der Waals surface area contributed by atoms with Gasteiger partial charge in [-0.05, 0) is 13.8 Å². The molecule has 2 N–H and O–H groups in total. The van der Waals surface area contributed by atoms with Crippen molar-refractivity contribution in [2.75, 3.05) is 45.9 Å². The molecule has 0 aromatic carbocycles. The van der Waals surface area contributed by atoms with E-state index >= 15 is 0 Å². The van der Waals surface area contributed by atoms with E-state index in [2.05, 4.69) is 0 Å². The van der Waals surface area contributed by atoms with Crippen LogP contribution in [0.2, 0.25) is 0 Å². The van der Waals surface area contributed by atoms with Crippen LogP contribution in [-0.2, 0) is 9.53 Å². The molecule has 1 heterocycles. The van der Waals surface area contributed by atoms with E-state index in [9.17, 15) is 4.79 Å². The summed E-state index contributed by atoms with van der Waals surface area (Å²) in [5.74, 6) is 0.0268. The number of hydrogen-bond donors (Lipinski definition) is 2. The molecule has 2 atom stereocenters. The maximum atomic E-state index is 12.1. The molecule has 1 aliphatic heterocycles. The van der Waals surface area contributed by atoms with Gasteiger partial charge in [0.15, 0.2) is 0 Å². The molecule has 1 rings (SSSR count). The highest BCUT2D eigenvalue weighted by Crippen LogP contribution is 2.11. The molecule has 0 aromatic rings. The summed E-state index contributed by atoms with van der Waals surface area (Å²) in [6, 6.07) is 0. The molecule has 1 aliphatic rings. The molecule has 0 radical (unpaired) electrons. The predicted octanol–water partition coefficient (Wildman–Crippen LogP) is -1.09. The van der Waals surface area contributed by atoms with Gasteiger partial charge in [-0.1, -0.05) is 0 Å². The van der Waals surface area contributed by atoms with Crippen LogP contribution in [0.4, 0.5) is 0 Å². The molecule has 6 nitrogen and oxygen atoms in total. The van der Waals surface area contributed by atoms with Gasteiger partial charge in [-0.3, -0.25) is 9.69 Å². The van der Waals surface area contributed by atoms with Crippen molar-refractivity contribution in [3.63, 3.8) is 0 Å². The van der Waals surface area contributed by atoms with Crippen LogP contribution in [-0.4, -0.2) is 84.1 Å². The minimum atomic E-state index is -0.0107. The molecule has 0 spiro atoms. The number of carbonyl (C=O) groups is 1. The standard InChI is InChI=1S/C12H24N2O4/c1-10-7-14(8-11(2)18-10)12(17)9-13(3-5-15)4-6-16/h10-11,15-16H,3-9H2,1-2H3. The van der Waals surface area contributed by atoms with Crippen molar-refractivity contribution in [3.8, 4) is 0 Å². The van der Waals surface area contributed by atoms with Crippen molar-refractivity contribution >= 4 is 5.91 Å². The molecular weight excluding hydrogens is 236 g/mol. The van der Waals surface area contributed by atoms with Crippen molar-refractivity contribution < 1.29 is 19.7 Å². The minimum Gasteiger partial charge on any atom is -0.395 e. The third-order valence-corrected chi connectivity index (χ3v) is 2.96. The maximum absolute atomic E-state index is 12.1. The van der Waals surface area contributed by atoms with E-state index < -0.39 is 0 Å². The van der Waals surface area contributed by atoms with Gasteiger partial charge in [0.1, 0.15) is 0 Å². The van der Waals surface area contributed by atoms with Crippen LogP contribution in [0, 0.1) is 0 Å². The van der Waals surface area contributed by atoms with Crippen LogP contribution < -0.4 is 0 Å². The lowest BCUT2D eigenvalue weighted by molar-refractivity contribution is -0.144. The normalized spacial score (nSPS) is 24.6. The zero-order chi connectivity index (χ0) is 13.5. The average Bonchev–Trinajstić information content (AvgIpc) is 2.28. The summed E-state index contributed by atoms with van der Waals surface area (Å²) in [5, 5.41) is 17.8. The van der Waals surface area contributed by atoms with Gasteiger partial charge in [0.2, 0.25) is 5.91 Å². The van der Waals surface area contributed by atoms with Crippen molar-refractivity contribution in [2.24, 2.45) is 0 Å². The topological polar surface area (TPSA) is 73.2 Å². The Balaban J connectivity index is 2.46. The van der Waals surface area contributed by atoms with Crippen molar-refractivity contribution in [2.45, 2.75) is 26.1 Å². The van der Waals surface area contributed by atoms with Crippen molar-refractivity contribution in [1.82, 2.24) is 9.80 Å². The molecule has 1 fully saturated rings. The van der Waals surface area contributed by atoms with Gasteiger partial charge in [-0.15, -0.1) is 0 Å². The van der Waals surface area contributed by atoms with Crippen LogP contribution in [0.5, 0.6) is 0 Å². The van der Waals surface area contributed by atoms with Crippen LogP contribution in [0.1, 0.15) is 13.8 Å². The van der Waals surface area contributed by atoms with Gasteiger partial charge in [0.25, 0.3) is 0 Å². The first-order chi connectivity index (χ1) is 8.56. The lowest BCUT2D eigenvalue weighted by atomic mass is 10.2. The minimum absolute atomic E-state index is 0.0107. The number of nitrogens with zero attached hydrogens (tertiary/aromatic N) is 2. The average molecular weight is 260 g/mol. The first kappa shape index (κ1) is 15.4. The molecule has 0 aromatic heterocycles. The zero-order valence-electron chi connectivity index (χ0n) is 11.2. The number of morpholine rings is 1. The monoisotopic (exact) mass is 260 g/mol. The lowest BCUT2D eigenvalue weighted by Crippen LogP contribution is -2.51. The Bertz CT molecular complexity index is 246. The van der Waals surface area contributed by atoms with Gasteiger partial charge in [-0.25, -0.2) is 0 Å². The number of aliphatic hydroxyl groups excluding tert-OH is 2. The van der Waals surface area contributed by atoms with E-state index in [1.54, 1.807) is 9.80 Å². The Labute approximate surface area is 108 Å². The first-order valence-electron chi connectivity index (χ1n) is 6.44. The summed E-state index contributed by atoms with van der Waals surface area (Å²) >= 11 is 0. The summed E-state index contributed by atoms with van der Waals surface area (Å²) in [6.07, 6.45) is 0.115. The largest absolute Gasteiger partial charge is 0.395 e. The fraction of sp³-hybridized carbons (Fsp3) is 0.917. The maximum Gasteiger partial charge on any atom is 0.236 e. The number of amides is 1. The lowest BCUT2D eigenvalue weighted by Gasteiger charge is -2.36. The van der Waals surface area contributed by atoms with Crippen LogP contribution >= 0.6 is 0 Å². The first-order valence-corrected chi connectivity index (χ1v) is 6.44. The fourth-order valence-corrected chi connectivity index (χ4v) is 2.23. The van der Waals surface area contributed by atoms with E-state index in [-0.39, 0.29) is 37.9 Å². The Hall–Kier alpha value is -0.690. The smallest absolute Gasteiger partial charge is 0.236 e. The third-order valence-electron chi connectivity index (χ3n) is 2.96. The van der Waals surface area contributed by atoms with E-state index in [0.717, 1.165) is 0 Å². The predicted molar refractivity (Wildman–Crippen MR) is 67.2 cm³/mol. The second-order valence-corrected chi connectivity index (χ2v) is 4.78. The van der Waals surface area contributed by atoms with Crippen LogP contribution in [0.15, 0.2) is 0 Å².